The van der Waals surface area contributed by atoms with Crippen LogP contribution in [-0.2, 0) is 4.84 Å². The summed E-state index contributed by atoms with van der Waals surface area (Å²) in [5, 5.41) is 7.20. The third kappa shape index (κ3) is 6.34. The smallest absolute Gasteiger partial charge is 0.120 e. The summed E-state index contributed by atoms with van der Waals surface area (Å²) in [5.41, 5.74) is 3.60. The molecule has 0 aromatic heterocycles. The van der Waals surface area contributed by atoms with Gasteiger partial charge in [0.25, 0.3) is 0 Å². The van der Waals surface area contributed by atoms with Crippen molar-refractivity contribution >= 4 is 11.9 Å². The van der Waals surface area contributed by atoms with Crippen LogP contribution >= 0.6 is 0 Å². The Kier molecular flexibility index (Phi) is 8.02. The Bertz CT molecular complexity index is 459. The summed E-state index contributed by atoms with van der Waals surface area (Å²) in [7, 11) is 1.56. The quantitative estimate of drug-likeness (QED) is 0.322. The molecular weight excluding hydrogens is 264 g/mol. The molecule has 0 radical (unpaired) electrons. The van der Waals surface area contributed by atoms with E-state index in [2.05, 4.69) is 41.3 Å². The van der Waals surface area contributed by atoms with Crippen LogP contribution in [0.4, 0.5) is 5.69 Å². The molecule has 116 valence electrons. The van der Waals surface area contributed by atoms with Crippen molar-refractivity contribution in [3.8, 4) is 5.75 Å². The number of rotatable bonds is 9. The average molecular weight is 290 g/mol. The van der Waals surface area contributed by atoms with E-state index in [4.69, 9.17) is 4.74 Å². The summed E-state index contributed by atoms with van der Waals surface area (Å²) >= 11 is 0. The largest absolute Gasteiger partial charge is 0.490 e. The Morgan fingerprint density at radius 1 is 1.24 bits per heavy atom. The highest BCUT2D eigenvalue weighted by molar-refractivity contribution is 5.60. The van der Waals surface area contributed by atoms with Crippen molar-refractivity contribution in [2.24, 2.45) is 5.16 Å². The summed E-state index contributed by atoms with van der Waals surface area (Å²) in [6.45, 7) is 7.72. The zero-order valence-electron chi connectivity index (χ0n) is 13.5. The van der Waals surface area contributed by atoms with Gasteiger partial charge in [-0.05, 0) is 56.9 Å². The van der Waals surface area contributed by atoms with Gasteiger partial charge in [-0.1, -0.05) is 17.3 Å². The first-order chi connectivity index (χ1) is 10.2. The van der Waals surface area contributed by atoms with Crippen LogP contribution in [0.25, 0.3) is 0 Å². The summed E-state index contributed by atoms with van der Waals surface area (Å²) in [5.74, 6) is 0.917. The fraction of sp³-hybridized carbons (Fsp3) is 0.471. The third-order valence-electron chi connectivity index (χ3n) is 3.08. The third-order valence-corrected chi connectivity index (χ3v) is 3.08. The molecule has 1 N–H and O–H groups in total. The molecule has 4 heteroatoms. The molecule has 21 heavy (non-hydrogen) atoms. The molecular formula is C17H26N2O2. The number of allylic oxidation sites excluding steroid dienone is 1. The molecule has 0 saturated heterocycles. The van der Waals surface area contributed by atoms with Crippen molar-refractivity contribution in [3.05, 3.63) is 35.4 Å². The number of nitrogens with zero attached hydrogens (tertiary/aromatic N) is 1. The van der Waals surface area contributed by atoms with Crippen LogP contribution in [0.15, 0.2) is 29.4 Å². The van der Waals surface area contributed by atoms with Crippen molar-refractivity contribution in [2.75, 3.05) is 25.6 Å². The number of nitrogens with one attached hydrogen (secondary N) is 1. The van der Waals surface area contributed by atoms with Crippen molar-refractivity contribution in [2.45, 2.75) is 33.6 Å². The second-order valence-corrected chi connectivity index (χ2v) is 4.85. The molecule has 0 amide bonds. The van der Waals surface area contributed by atoms with Gasteiger partial charge < -0.3 is 14.9 Å². The molecule has 0 unspecified atom stereocenters. The van der Waals surface area contributed by atoms with Crippen molar-refractivity contribution < 1.29 is 9.57 Å². The number of ether oxygens (including phenoxy) is 1. The summed E-state index contributed by atoms with van der Waals surface area (Å²) < 4.78 is 5.69. The first-order valence-corrected chi connectivity index (χ1v) is 7.33. The topological polar surface area (TPSA) is 42.8 Å². The summed E-state index contributed by atoms with van der Waals surface area (Å²) in [4.78, 5) is 4.63. The minimum Gasteiger partial charge on any atom is -0.490 e. The molecule has 0 heterocycles. The minimum absolute atomic E-state index is 0.612. The molecule has 0 aliphatic rings. The van der Waals surface area contributed by atoms with Crippen LogP contribution in [0.1, 0.15) is 30.9 Å². The van der Waals surface area contributed by atoms with Gasteiger partial charge in [-0.15, -0.1) is 0 Å². The van der Waals surface area contributed by atoms with Crippen LogP contribution in [-0.4, -0.2) is 26.5 Å². The van der Waals surface area contributed by atoms with E-state index in [0.717, 1.165) is 25.1 Å². The van der Waals surface area contributed by atoms with Crippen molar-refractivity contribution in [3.63, 3.8) is 0 Å². The summed E-state index contributed by atoms with van der Waals surface area (Å²) in [6.07, 6.45) is 7.70. The highest BCUT2D eigenvalue weighted by Gasteiger charge is 2.05. The highest BCUT2D eigenvalue weighted by atomic mass is 16.6. The number of hydrogen-bond acceptors (Lipinski definition) is 4. The molecule has 4 nitrogen and oxygen atoms in total. The van der Waals surface area contributed by atoms with Crippen LogP contribution in [0.3, 0.4) is 0 Å². The van der Waals surface area contributed by atoms with Gasteiger partial charge in [0, 0.05) is 18.4 Å². The maximum absolute atomic E-state index is 5.69. The SMILES string of the molecule is C/C=C/COc1cc(C)c(NCCC/C=N/OC)c(C)c1. The van der Waals surface area contributed by atoms with Crippen LogP contribution in [0.2, 0.25) is 0 Å². The van der Waals surface area contributed by atoms with Gasteiger partial charge in [0.2, 0.25) is 0 Å². The van der Waals surface area contributed by atoms with Crippen LogP contribution in [0.5, 0.6) is 5.75 Å². The minimum atomic E-state index is 0.612. The van der Waals surface area contributed by atoms with E-state index in [-0.39, 0.29) is 0 Å². The monoisotopic (exact) mass is 290 g/mol. The number of anilines is 1. The number of unbranched alkanes of at least 4 members (excludes halogenated alkanes) is 1. The van der Waals surface area contributed by atoms with Crippen LogP contribution in [0, 0.1) is 13.8 Å². The van der Waals surface area contributed by atoms with Crippen molar-refractivity contribution in [1.29, 1.82) is 0 Å². The lowest BCUT2D eigenvalue weighted by molar-refractivity contribution is 0.214. The normalized spacial score (nSPS) is 11.2. The molecule has 0 aliphatic carbocycles. The van der Waals surface area contributed by atoms with Gasteiger partial charge in [0.05, 0.1) is 0 Å². The number of oxime groups is 1. The van der Waals surface area contributed by atoms with Gasteiger partial charge in [0.1, 0.15) is 19.5 Å². The highest BCUT2D eigenvalue weighted by Crippen LogP contribution is 2.26. The molecule has 0 bridgehead atoms. The lowest BCUT2D eigenvalue weighted by Crippen LogP contribution is -2.05. The van der Waals surface area contributed by atoms with Gasteiger partial charge in [0.15, 0.2) is 0 Å². The second-order valence-electron chi connectivity index (χ2n) is 4.85. The van der Waals surface area contributed by atoms with Gasteiger partial charge in [-0.3, -0.25) is 0 Å². The predicted octanol–water partition coefficient (Wildman–Crippen LogP) is 4.08. The fourth-order valence-corrected chi connectivity index (χ4v) is 2.06. The first-order valence-electron chi connectivity index (χ1n) is 7.33. The predicted molar refractivity (Wildman–Crippen MR) is 89.4 cm³/mol. The van der Waals surface area contributed by atoms with E-state index in [9.17, 15) is 0 Å². The van der Waals surface area contributed by atoms with E-state index in [1.165, 1.54) is 16.8 Å². The number of benzene rings is 1. The Morgan fingerprint density at radius 2 is 1.95 bits per heavy atom. The van der Waals surface area contributed by atoms with Crippen molar-refractivity contribution in [1.82, 2.24) is 0 Å². The Hall–Kier alpha value is -1.97. The lowest BCUT2D eigenvalue weighted by atomic mass is 10.1. The number of hydrogen-bond donors (Lipinski definition) is 1. The Morgan fingerprint density at radius 3 is 2.57 bits per heavy atom. The second kappa shape index (κ2) is 9.86. The van der Waals surface area contributed by atoms with Crippen LogP contribution < -0.4 is 10.1 Å². The Balaban J connectivity index is 2.53. The van der Waals surface area contributed by atoms with Gasteiger partial charge in [-0.2, -0.15) is 0 Å². The Labute approximate surface area is 127 Å². The van der Waals surface area contributed by atoms with E-state index in [0.29, 0.717) is 6.61 Å². The van der Waals surface area contributed by atoms with E-state index in [1.54, 1.807) is 13.3 Å². The lowest BCUT2D eigenvalue weighted by Gasteiger charge is -2.14. The summed E-state index contributed by atoms with van der Waals surface area (Å²) in [6, 6.07) is 4.15. The molecule has 0 atom stereocenters. The molecule has 1 aromatic rings. The zero-order valence-corrected chi connectivity index (χ0v) is 13.5. The van der Waals surface area contributed by atoms with E-state index in [1.807, 2.05) is 19.1 Å². The molecule has 0 aliphatic heterocycles. The first kappa shape index (κ1) is 17.1. The fourth-order valence-electron chi connectivity index (χ4n) is 2.06. The van der Waals surface area contributed by atoms with E-state index < -0.39 is 0 Å². The van der Waals surface area contributed by atoms with E-state index >= 15 is 0 Å². The molecule has 0 saturated carbocycles. The number of aryl methyl sites for hydroxylation is 2. The average Bonchev–Trinajstić information content (AvgIpc) is 2.45. The maximum Gasteiger partial charge on any atom is 0.120 e. The molecule has 1 aromatic carbocycles. The molecule has 0 fully saturated rings. The van der Waals surface area contributed by atoms with Gasteiger partial charge >= 0.3 is 0 Å². The molecule has 1 rings (SSSR count). The molecule has 0 spiro atoms. The standard InChI is InChI=1S/C17H26N2O2/c1-5-6-11-21-16-12-14(2)17(15(3)13-16)18-9-7-8-10-19-20-4/h5-6,10,12-13,18H,7-9,11H2,1-4H3/b6-5+,19-10+. The zero-order chi connectivity index (χ0) is 15.5. The van der Waals surface area contributed by atoms with Gasteiger partial charge in [-0.25, -0.2) is 0 Å². The maximum atomic E-state index is 5.69.